The van der Waals surface area contributed by atoms with E-state index in [2.05, 4.69) is 115 Å². The van der Waals surface area contributed by atoms with Crippen molar-refractivity contribution in [2.75, 3.05) is 5.32 Å². The van der Waals surface area contributed by atoms with Gasteiger partial charge >= 0.3 is 0 Å². The Labute approximate surface area is 212 Å². The van der Waals surface area contributed by atoms with Crippen LogP contribution in [0.15, 0.2) is 130 Å². The molecule has 2 heterocycles. The topological polar surface area (TPSA) is 38.3 Å². The third-order valence-electron chi connectivity index (χ3n) is 7.25. The first-order valence-electron chi connectivity index (χ1n) is 12.4. The summed E-state index contributed by atoms with van der Waals surface area (Å²) in [7, 11) is 0. The van der Waals surface area contributed by atoms with E-state index in [1.807, 2.05) is 12.1 Å². The van der Waals surface area contributed by atoms with Crippen molar-refractivity contribution in [2.24, 2.45) is 0 Å². The van der Waals surface area contributed by atoms with Crippen molar-refractivity contribution in [2.45, 2.75) is 0 Å². The molecule has 0 radical (unpaired) electrons. The van der Waals surface area contributed by atoms with E-state index < -0.39 is 0 Å². The minimum absolute atomic E-state index is 0.879. The summed E-state index contributed by atoms with van der Waals surface area (Å²) < 4.78 is 12.6. The minimum atomic E-state index is 0.879. The third kappa shape index (κ3) is 3.14. The monoisotopic (exact) mass is 475 g/mol. The van der Waals surface area contributed by atoms with E-state index in [4.69, 9.17) is 8.83 Å². The van der Waals surface area contributed by atoms with Crippen LogP contribution in [0.1, 0.15) is 0 Å². The number of nitrogens with one attached hydrogen (secondary N) is 1. The molecule has 3 nitrogen and oxygen atoms in total. The molecule has 0 saturated carbocycles. The summed E-state index contributed by atoms with van der Waals surface area (Å²) in [6.07, 6.45) is 0. The summed E-state index contributed by atoms with van der Waals surface area (Å²) in [6.45, 7) is 0. The van der Waals surface area contributed by atoms with Gasteiger partial charge in [-0.05, 0) is 47.3 Å². The Hall–Kier alpha value is -5.02. The summed E-state index contributed by atoms with van der Waals surface area (Å²) in [5, 5.41) is 10.4. The lowest BCUT2D eigenvalue weighted by atomic mass is 10.0. The summed E-state index contributed by atoms with van der Waals surface area (Å²) in [6, 6.07) is 42.0. The zero-order valence-electron chi connectivity index (χ0n) is 19.9. The fourth-order valence-corrected chi connectivity index (χ4v) is 5.46. The predicted octanol–water partition coefficient (Wildman–Crippen LogP) is 10.0. The van der Waals surface area contributed by atoms with E-state index >= 15 is 0 Å². The van der Waals surface area contributed by atoms with Crippen LogP contribution in [0, 0.1) is 0 Å². The van der Waals surface area contributed by atoms with Crippen LogP contribution in [0.5, 0.6) is 0 Å². The molecule has 8 rings (SSSR count). The highest BCUT2D eigenvalue weighted by molar-refractivity contribution is 6.15. The fraction of sp³-hybridized carbons (Fsp3) is 0. The van der Waals surface area contributed by atoms with E-state index in [0.29, 0.717) is 0 Å². The Morgan fingerprint density at radius 2 is 1.11 bits per heavy atom. The molecule has 0 atom stereocenters. The standard InChI is InChI=1S/C34H21NO2/c1-2-7-25-21(6-1)14-18-30-28-19-17-24(20-32(28)37-34(25)30)35-23-15-12-22(13-16-23)26-9-5-10-29-27-8-3-4-11-31(27)36-33(26)29/h1-20,35H. The van der Waals surface area contributed by atoms with Crippen molar-refractivity contribution >= 4 is 66.0 Å². The summed E-state index contributed by atoms with van der Waals surface area (Å²) in [5.41, 5.74) is 7.87. The molecule has 1 N–H and O–H groups in total. The molecule has 8 aromatic rings. The Morgan fingerprint density at radius 3 is 2.03 bits per heavy atom. The molecule has 0 aliphatic carbocycles. The maximum absolute atomic E-state index is 6.34. The van der Waals surface area contributed by atoms with Gasteiger partial charge in [-0.15, -0.1) is 0 Å². The number of anilines is 2. The number of para-hydroxylation sites is 2. The van der Waals surface area contributed by atoms with Gasteiger partial charge in [-0.2, -0.15) is 0 Å². The molecule has 0 fully saturated rings. The molecule has 0 bridgehead atoms. The van der Waals surface area contributed by atoms with Crippen LogP contribution >= 0.6 is 0 Å². The van der Waals surface area contributed by atoms with Gasteiger partial charge in [-0.3, -0.25) is 0 Å². The Kier molecular flexibility index (Phi) is 4.23. The number of rotatable bonds is 3. The molecule has 2 aromatic heterocycles. The third-order valence-corrected chi connectivity index (χ3v) is 7.25. The van der Waals surface area contributed by atoms with Crippen molar-refractivity contribution in [1.82, 2.24) is 0 Å². The van der Waals surface area contributed by atoms with Crippen molar-refractivity contribution in [3.8, 4) is 11.1 Å². The van der Waals surface area contributed by atoms with E-state index in [1.54, 1.807) is 0 Å². The fourth-order valence-electron chi connectivity index (χ4n) is 5.46. The van der Waals surface area contributed by atoms with Crippen LogP contribution in [-0.2, 0) is 0 Å². The molecule has 37 heavy (non-hydrogen) atoms. The van der Waals surface area contributed by atoms with Crippen LogP contribution in [-0.4, -0.2) is 0 Å². The molecule has 174 valence electrons. The van der Waals surface area contributed by atoms with Gasteiger partial charge in [0.1, 0.15) is 22.3 Å². The van der Waals surface area contributed by atoms with E-state index in [0.717, 1.165) is 71.8 Å². The van der Waals surface area contributed by atoms with Gasteiger partial charge in [0.05, 0.1) is 0 Å². The van der Waals surface area contributed by atoms with Crippen molar-refractivity contribution < 1.29 is 8.83 Å². The normalized spacial score (nSPS) is 11.8. The lowest BCUT2D eigenvalue weighted by Crippen LogP contribution is -1.90. The van der Waals surface area contributed by atoms with Gasteiger partial charge in [0.25, 0.3) is 0 Å². The van der Waals surface area contributed by atoms with Crippen LogP contribution in [0.25, 0.3) is 65.8 Å². The quantitative estimate of drug-likeness (QED) is 0.276. The van der Waals surface area contributed by atoms with E-state index in [-0.39, 0.29) is 0 Å². The molecule has 0 spiro atoms. The van der Waals surface area contributed by atoms with Crippen molar-refractivity contribution in [3.63, 3.8) is 0 Å². The Bertz CT molecular complexity index is 2110. The smallest absolute Gasteiger partial charge is 0.143 e. The largest absolute Gasteiger partial charge is 0.455 e. The zero-order chi connectivity index (χ0) is 24.3. The molecule has 0 saturated heterocycles. The zero-order valence-corrected chi connectivity index (χ0v) is 19.9. The van der Waals surface area contributed by atoms with Gasteiger partial charge in [0.2, 0.25) is 0 Å². The number of fused-ring (bicyclic) bond motifs is 8. The number of hydrogen-bond acceptors (Lipinski definition) is 3. The summed E-state index contributed by atoms with van der Waals surface area (Å²) in [5.74, 6) is 0. The number of hydrogen-bond donors (Lipinski definition) is 1. The second kappa shape index (κ2) is 7.74. The second-order valence-electron chi connectivity index (χ2n) is 9.46. The van der Waals surface area contributed by atoms with Gasteiger partial charge in [-0.25, -0.2) is 0 Å². The van der Waals surface area contributed by atoms with Crippen molar-refractivity contribution in [3.05, 3.63) is 121 Å². The van der Waals surface area contributed by atoms with Crippen LogP contribution in [0.2, 0.25) is 0 Å². The molecule has 0 aliphatic heterocycles. The molecule has 6 aromatic carbocycles. The lowest BCUT2D eigenvalue weighted by Gasteiger charge is -2.08. The molecule has 0 aliphatic rings. The number of benzene rings is 6. The lowest BCUT2D eigenvalue weighted by molar-refractivity contribution is 0.670. The Morgan fingerprint density at radius 1 is 0.432 bits per heavy atom. The molecule has 0 unspecified atom stereocenters. The summed E-state index contributed by atoms with van der Waals surface area (Å²) >= 11 is 0. The average Bonchev–Trinajstić information content (AvgIpc) is 3.52. The minimum Gasteiger partial charge on any atom is -0.455 e. The van der Waals surface area contributed by atoms with Gasteiger partial charge in [0.15, 0.2) is 0 Å². The molecular formula is C34H21NO2. The van der Waals surface area contributed by atoms with E-state index in [1.165, 1.54) is 5.39 Å². The second-order valence-corrected chi connectivity index (χ2v) is 9.46. The first-order valence-corrected chi connectivity index (χ1v) is 12.4. The highest BCUT2D eigenvalue weighted by atomic mass is 16.3. The SMILES string of the molecule is c1ccc2c(c1)ccc1c3ccc(Nc4ccc(-c5cccc6c5oc5ccccc56)cc4)cc3oc21. The summed E-state index contributed by atoms with van der Waals surface area (Å²) in [4.78, 5) is 0. The van der Waals surface area contributed by atoms with Gasteiger partial charge in [0, 0.05) is 49.9 Å². The average molecular weight is 476 g/mol. The predicted molar refractivity (Wildman–Crippen MR) is 154 cm³/mol. The van der Waals surface area contributed by atoms with Gasteiger partial charge < -0.3 is 14.2 Å². The molecule has 3 heteroatoms. The highest BCUT2D eigenvalue weighted by Crippen LogP contribution is 2.37. The van der Waals surface area contributed by atoms with Gasteiger partial charge in [-0.1, -0.05) is 78.9 Å². The molecular weight excluding hydrogens is 454 g/mol. The first-order chi connectivity index (χ1) is 18.3. The molecule has 0 amide bonds. The van der Waals surface area contributed by atoms with Crippen LogP contribution in [0.4, 0.5) is 11.4 Å². The van der Waals surface area contributed by atoms with Crippen LogP contribution < -0.4 is 5.32 Å². The highest BCUT2D eigenvalue weighted by Gasteiger charge is 2.13. The van der Waals surface area contributed by atoms with Crippen LogP contribution in [0.3, 0.4) is 0 Å². The number of furan rings is 2. The maximum Gasteiger partial charge on any atom is 0.143 e. The Balaban J connectivity index is 1.14. The maximum atomic E-state index is 6.34. The first kappa shape index (κ1) is 20.2. The van der Waals surface area contributed by atoms with E-state index in [9.17, 15) is 0 Å². The van der Waals surface area contributed by atoms with Crippen molar-refractivity contribution in [1.29, 1.82) is 0 Å².